The van der Waals surface area contributed by atoms with Gasteiger partial charge in [-0.1, -0.05) is 0 Å². The average molecular weight is 163 g/mol. The van der Waals surface area contributed by atoms with Crippen LogP contribution in [0.15, 0.2) is 0 Å². The number of carbonyl (C=O) groups excluding carboxylic acids is 2. The van der Waals surface area contributed by atoms with Crippen molar-refractivity contribution in [1.82, 2.24) is 5.32 Å². The molecule has 0 bridgehead atoms. The Hall–Kier alpha value is -0.160. The molecule has 1 aliphatic rings. The Balaban J connectivity index is 2.77. The van der Waals surface area contributed by atoms with Crippen molar-refractivity contribution in [2.24, 2.45) is 0 Å². The minimum atomic E-state index is -0.583. The maximum atomic E-state index is 10.5. The standard InChI is InChI=1S/C4H5NO2S2/c6-3-1(8)2(9)4(7)5-3/h1-2,8-9H,(H,5,6,7). The van der Waals surface area contributed by atoms with Crippen LogP contribution in [0, 0.1) is 0 Å². The minimum absolute atomic E-state index is 0.358. The highest BCUT2D eigenvalue weighted by molar-refractivity contribution is 7.86. The van der Waals surface area contributed by atoms with Crippen LogP contribution in [-0.2, 0) is 9.59 Å². The fourth-order valence-corrected chi connectivity index (χ4v) is 0.956. The summed E-state index contributed by atoms with van der Waals surface area (Å²) in [6.45, 7) is 0. The fraction of sp³-hybridized carbons (Fsp3) is 0.500. The second-order valence-corrected chi connectivity index (χ2v) is 2.86. The van der Waals surface area contributed by atoms with Gasteiger partial charge in [-0.3, -0.25) is 14.9 Å². The number of thiol groups is 2. The summed E-state index contributed by atoms with van der Waals surface area (Å²) in [6, 6.07) is 0. The summed E-state index contributed by atoms with van der Waals surface area (Å²) in [4.78, 5) is 21.1. The molecule has 1 saturated heterocycles. The molecule has 2 unspecified atom stereocenters. The van der Waals surface area contributed by atoms with Crippen LogP contribution in [0.1, 0.15) is 0 Å². The molecule has 0 aromatic carbocycles. The summed E-state index contributed by atoms with van der Waals surface area (Å²) in [7, 11) is 0. The SMILES string of the molecule is O=C1NC(=O)C(S)C1S. The highest BCUT2D eigenvalue weighted by Gasteiger charge is 2.36. The van der Waals surface area contributed by atoms with E-state index in [9.17, 15) is 9.59 Å². The quantitative estimate of drug-likeness (QED) is 0.325. The van der Waals surface area contributed by atoms with E-state index in [0.29, 0.717) is 0 Å². The van der Waals surface area contributed by atoms with Gasteiger partial charge in [0.15, 0.2) is 0 Å². The molecule has 0 spiro atoms. The van der Waals surface area contributed by atoms with Crippen LogP contribution < -0.4 is 5.32 Å². The van der Waals surface area contributed by atoms with Gasteiger partial charge in [-0.05, 0) is 0 Å². The second-order valence-electron chi connectivity index (χ2n) is 1.74. The van der Waals surface area contributed by atoms with Crippen LogP contribution in [0.25, 0.3) is 0 Å². The largest absolute Gasteiger partial charge is 0.294 e. The minimum Gasteiger partial charge on any atom is -0.294 e. The first-order valence-corrected chi connectivity index (χ1v) is 3.37. The van der Waals surface area contributed by atoms with Gasteiger partial charge in [0.05, 0.1) is 0 Å². The molecule has 3 nitrogen and oxygen atoms in total. The van der Waals surface area contributed by atoms with Crippen molar-refractivity contribution in [3.63, 3.8) is 0 Å². The molecule has 2 atom stereocenters. The topological polar surface area (TPSA) is 46.2 Å². The summed E-state index contributed by atoms with van der Waals surface area (Å²) < 4.78 is 0. The number of carbonyl (C=O) groups is 2. The smallest absolute Gasteiger partial charge is 0.241 e. The molecule has 9 heavy (non-hydrogen) atoms. The molecule has 1 heterocycles. The van der Waals surface area contributed by atoms with Gasteiger partial charge in [0, 0.05) is 0 Å². The number of imide groups is 1. The predicted octanol–water partition coefficient (Wildman–Crippen LogP) is -0.760. The van der Waals surface area contributed by atoms with E-state index in [1.165, 1.54) is 0 Å². The van der Waals surface area contributed by atoms with Crippen LogP contribution in [0.3, 0.4) is 0 Å². The Bertz CT molecular complexity index is 152. The van der Waals surface area contributed by atoms with Crippen LogP contribution >= 0.6 is 25.3 Å². The zero-order valence-electron chi connectivity index (χ0n) is 4.37. The highest BCUT2D eigenvalue weighted by Crippen LogP contribution is 2.14. The third-order valence-corrected chi connectivity index (χ3v) is 2.38. The summed E-state index contributed by atoms with van der Waals surface area (Å²) in [6.07, 6.45) is 0. The number of nitrogens with one attached hydrogen (secondary N) is 1. The van der Waals surface area contributed by atoms with Crippen molar-refractivity contribution >= 4 is 37.1 Å². The van der Waals surface area contributed by atoms with Gasteiger partial charge in [0.2, 0.25) is 11.8 Å². The van der Waals surface area contributed by atoms with Crippen molar-refractivity contribution in [2.75, 3.05) is 0 Å². The van der Waals surface area contributed by atoms with Gasteiger partial charge in [-0.15, -0.1) is 0 Å². The van der Waals surface area contributed by atoms with Crippen molar-refractivity contribution in [3.05, 3.63) is 0 Å². The van der Waals surface area contributed by atoms with E-state index in [4.69, 9.17) is 0 Å². The Labute approximate surface area is 63.0 Å². The lowest BCUT2D eigenvalue weighted by atomic mass is 10.3. The van der Waals surface area contributed by atoms with Crippen LogP contribution in [0.5, 0.6) is 0 Å². The first-order chi connectivity index (χ1) is 4.13. The lowest BCUT2D eigenvalue weighted by Gasteiger charge is -1.97. The van der Waals surface area contributed by atoms with Gasteiger partial charge >= 0.3 is 0 Å². The molecule has 0 radical (unpaired) electrons. The summed E-state index contributed by atoms with van der Waals surface area (Å²) in [5.74, 6) is -0.716. The Morgan fingerprint density at radius 3 is 1.56 bits per heavy atom. The molecule has 1 aliphatic heterocycles. The fourth-order valence-electron chi connectivity index (χ4n) is 0.556. The molecule has 0 aromatic heterocycles. The Morgan fingerprint density at radius 1 is 1.11 bits per heavy atom. The van der Waals surface area contributed by atoms with Gasteiger partial charge in [0.25, 0.3) is 0 Å². The van der Waals surface area contributed by atoms with E-state index >= 15 is 0 Å². The Kier molecular flexibility index (Phi) is 1.72. The van der Waals surface area contributed by atoms with E-state index in [-0.39, 0.29) is 11.8 Å². The average Bonchev–Trinajstić information content (AvgIpc) is 1.98. The molecule has 2 amide bonds. The van der Waals surface area contributed by atoms with Crippen LogP contribution in [0.2, 0.25) is 0 Å². The van der Waals surface area contributed by atoms with E-state index < -0.39 is 10.5 Å². The maximum absolute atomic E-state index is 10.5. The van der Waals surface area contributed by atoms with Crippen LogP contribution in [0.4, 0.5) is 0 Å². The molecular weight excluding hydrogens is 158 g/mol. The maximum Gasteiger partial charge on any atom is 0.241 e. The van der Waals surface area contributed by atoms with E-state index in [2.05, 4.69) is 30.6 Å². The number of amides is 2. The summed E-state index contributed by atoms with van der Waals surface area (Å²) >= 11 is 7.66. The van der Waals surface area contributed by atoms with Gasteiger partial charge in [-0.2, -0.15) is 25.3 Å². The molecule has 1 rings (SSSR count). The predicted molar refractivity (Wildman–Crippen MR) is 38.7 cm³/mol. The molecule has 1 fully saturated rings. The van der Waals surface area contributed by atoms with Crippen molar-refractivity contribution in [1.29, 1.82) is 0 Å². The molecule has 0 aromatic rings. The van der Waals surface area contributed by atoms with Crippen molar-refractivity contribution in [3.8, 4) is 0 Å². The zero-order chi connectivity index (χ0) is 7.02. The molecule has 0 saturated carbocycles. The summed E-state index contributed by atoms with van der Waals surface area (Å²) in [5, 5.41) is 0.921. The first kappa shape index (κ1) is 6.95. The molecule has 5 heteroatoms. The number of hydrogen-bond donors (Lipinski definition) is 3. The van der Waals surface area contributed by atoms with E-state index in [1.54, 1.807) is 0 Å². The lowest BCUT2D eigenvalue weighted by Crippen LogP contribution is -2.22. The Morgan fingerprint density at radius 2 is 1.44 bits per heavy atom. The van der Waals surface area contributed by atoms with Gasteiger partial charge in [-0.25, -0.2) is 0 Å². The van der Waals surface area contributed by atoms with E-state index in [0.717, 1.165) is 0 Å². The zero-order valence-corrected chi connectivity index (χ0v) is 6.15. The van der Waals surface area contributed by atoms with Gasteiger partial charge < -0.3 is 0 Å². The van der Waals surface area contributed by atoms with Crippen molar-refractivity contribution in [2.45, 2.75) is 10.5 Å². The first-order valence-electron chi connectivity index (χ1n) is 2.34. The van der Waals surface area contributed by atoms with Crippen LogP contribution in [-0.4, -0.2) is 22.3 Å². The van der Waals surface area contributed by atoms with Gasteiger partial charge in [0.1, 0.15) is 10.5 Å². The second kappa shape index (κ2) is 2.22. The molecular formula is C4H5NO2S2. The third kappa shape index (κ3) is 1.07. The highest BCUT2D eigenvalue weighted by atomic mass is 32.1. The normalized spacial score (nSPS) is 34.9. The number of rotatable bonds is 0. The van der Waals surface area contributed by atoms with E-state index in [1.807, 2.05) is 0 Å². The monoisotopic (exact) mass is 163 g/mol. The molecule has 1 N–H and O–H groups in total. The lowest BCUT2D eigenvalue weighted by molar-refractivity contribution is -0.124. The number of hydrogen-bond acceptors (Lipinski definition) is 4. The molecule has 50 valence electrons. The van der Waals surface area contributed by atoms with Crippen molar-refractivity contribution < 1.29 is 9.59 Å². The molecule has 0 aliphatic carbocycles. The third-order valence-electron chi connectivity index (χ3n) is 1.08. The summed E-state index contributed by atoms with van der Waals surface area (Å²) in [5.41, 5.74) is 0.